The third-order valence-electron chi connectivity index (χ3n) is 3.21. The van der Waals surface area contributed by atoms with Crippen molar-refractivity contribution in [3.63, 3.8) is 0 Å². The van der Waals surface area contributed by atoms with Crippen LogP contribution < -0.4 is 5.32 Å². The maximum atomic E-state index is 13.9. The van der Waals surface area contributed by atoms with Crippen LogP contribution in [0.25, 0.3) is 0 Å². The standard InChI is InChI=1S/C12H15BrFN/c1-8-6-11(14)9(7-10(8)13)12(2)4-3-5-15-12/h6-7,15H,3-5H2,1-2H3. The molecule has 15 heavy (non-hydrogen) atoms. The number of hydrogen-bond acceptors (Lipinski definition) is 1. The molecule has 1 aromatic rings. The van der Waals surface area contributed by atoms with Gasteiger partial charge in [0.05, 0.1) is 0 Å². The van der Waals surface area contributed by atoms with Gasteiger partial charge in [-0.05, 0) is 50.9 Å². The maximum absolute atomic E-state index is 13.9. The highest BCUT2D eigenvalue weighted by atomic mass is 79.9. The molecule has 0 aromatic heterocycles. The molecule has 1 nitrogen and oxygen atoms in total. The van der Waals surface area contributed by atoms with Crippen molar-refractivity contribution >= 4 is 15.9 Å². The summed E-state index contributed by atoms with van der Waals surface area (Å²) in [7, 11) is 0. The fourth-order valence-electron chi connectivity index (χ4n) is 2.19. The van der Waals surface area contributed by atoms with Crippen molar-refractivity contribution in [1.29, 1.82) is 0 Å². The maximum Gasteiger partial charge on any atom is 0.128 e. The molecule has 0 amide bonds. The summed E-state index contributed by atoms with van der Waals surface area (Å²) in [6, 6.07) is 3.51. The number of rotatable bonds is 1. The van der Waals surface area contributed by atoms with Crippen molar-refractivity contribution in [3.8, 4) is 0 Å². The van der Waals surface area contributed by atoms with Crippen LogP contribution in [-0.2, 0) is 5.54 Å². The molecule has 1 atom stereocenters. The summed E-state index contributed by atoms with van der Waals surface area (Å²) < 4.78 is 14.8. The van der Waals surface area contributed by atoms with Gasteiger partial charge in [-0.15, -0.1) is 0 Å². The highest BCUT2D eigenvalue weighted by Gasteiger charge is 2.32. The highest BCUT2D eigenvalue weighted by molar-refractivity contribution is 9.10. The van der Waals surface area contributed by atoms with E-state index in [0.717, 1.165) is 35.0 Å². The van der Waals surface area contributed by atoms with Gasteiger partial charge in [0.2, 0.25) is 0 Å². The summed E-state index contributed by atoms with van der Waals surface area (Å²) in [6.07, 6.45) is 2.11. The minimum Gasteiger partial charge on any atom is -0.308 e. The van der Waals surface area contributed by atoms with Gasteiger partial charge in [0.1, 0.15) is 5.82 Å². The summed E-state index contributed by atoms with van der Waals surface area (Å²) in [5, 5.41) is 3.38. The Hall–Kier alpha value is -0.410. The van der Waals surface area contributed by atoms with Crippen LogP contribution in [0.2, 0.25) is 0 Å². The number of benzene rings is 1. The molecule has 1 saturated heterocycles. The lowest BCUT2D eigenvalue weighted by atomic mass is 9.89. The van der Waals surface area contributed by atoms with Crippen molar-refractivity contribution in [2.75, 3.05) is 6.54 Å². The van der Waals surface area contributed by atoms with Crippen LogP contribution in [0.15, 0.2) is 16.6 Å². The topological polar surface area (TPSA) is 12.0 Å². The van der Waals surface area contributed by atoms with E-state index < -0.39 is 0 Å². The van der Waals surface area contributed by atoms with Gasteiger partial charge in [-0.2, -0.15) is 0 Å². The van der Waals surface area contributed by atoms with E-state index in [0.29, 0.717) is 0 Å². The van der Waals surface area contributed by atoms with Crippen molar-refractivity contribution in [2.24, 2.45) is 0 Å². The molecule has 2 rings (SSSR count). The number of nitrogens with one attached hydrogen (secondary N) is 1. The molecule has 1 aromatic carbocycles. The first-order chi connectivity index (χ1) is 7.03. The molecule has 0 saturated carbocycles. The Morgan fingerprint density at radius 3 is 2.80 bits per heavy atom. The second-order valence-electron chi connectivity index (χ2n) is 4.44. The summed E-state index contributed by atoms with van der Waals surface area (Å²) >= 11 is 3.46. The zero-order valence-corrected chi connectivity index (χ0v) is 10.6. The Labute approximate surface area is 98.2 Å². The lowest BCUT2D eigenvalue weighted by Gasteiger charge is -2.26. The molecule has 0 aliphatic carbocycles. The molecular weight excluding hydrogens is 257 g/mol. The molecule has 0 radical (unpaired) electrons. The normalized spacial score (nSPS) is 25.9. The number of hydrogen-bond donors (Lipinski definition) is 1. The first-order valence-corrected chi connectivity index (χ1v) is 6.03. The van der Waals surface area contributed by atoms with E-state index in [4.69, 9.17) is 0 Å². The van der Waals surface area contributed by atoms with Gasteiger partial charge in [0.15, 0.2) is 0 Å². The Kier molecular flexibility index (Phi) is 2.86. The minimum atomic E-state index is -0.194. The van der Waals surface area contributed by atoms with Crippen molar-refractivity contribution in [1.82, 2.24) is 5.32 Å². The van der Waals surface area contributed by atoms with Crippen LogP contribution in [0.5, 0.6) is 0 Å². The second kappa shape index (κ2) is 3.87. The average molecular weight is 272 g/mol. The minimum absolute atomic E-state index is 0.104. The van der Waals surface area contributed by atoms with E-state index in [9.17, 15) is 4.39 Å². The molecule has 1 heterocycles. The second-order valence-corrected chi connectivity index (χ2v) is 5.30. The Balaban J connectivity index is 2.48. The molecule has 82 valence electrons. The molecule has 1 aliphatic heterocycles. The van der Waals surface area contributed by atoms with Gasteiger partial charge in [0, 0.05) is 15.6 Å². The molecule has 0 bridgehead atoms. The smallest absolute Gasteiger partial charge is 0.128 e. The molecular formula is C12H15BrFN. The summed E-state index contributed by atoms with van der Waals surface area (Å²) in [6.45, 7) is 4.95. The van der Waals surface area contributed by atoms with E-state index in [1.807, 2.05) is 13.0 Å². The van der Waals surface area contributed by atoms with E-state index in [1.165, 1.54) is 0 Å². The Morgan fingerprint density at radius 1 is 1.47 bits per heavy atom. The van der Waals surface area contributed by atoms with Gasteiger partial charge in [0.25, 0.3) is 0 Å². The van der Waals surface area contributed by atoms with Crippen LogP contribution in [0.4, 0.5) is 4.39 Å². The Morgan fingerprint density at radius 2 is 2.20 bits per heavy atom. The number of halogens is 2. The lowest BCUT2D eigenvalue weighted by Crippen LogP contribution is -2.34. The van der Waals surface area contributed by atoms with E-state index in [1.54, 1.807) is 6.07 Å². The summed E-state index contributed by atoms with van der Waals surface area (Å²) in [4.78, 5) is 0. The SMILES string of the molecule is Cc1cc(F)c(C2(C)CCCN2)cc1Br. The quantitative estimate of drug-likeness (QED) is 0.825. The highest BCUT2D eigenvalue weighted by Crippen LogP contribution is 2.34. The predicted molar refractivity (Wildman–Crippen MR) is 63.4 cm³/mol. The molecule has 1 N–H and O–H groups in total. The van der Waals surface area contributed by atoms with Crippen LogP contribution in [-0.4, -0.2) is 6.54 Å². The Bertz CT molecular complexity index is 383. The van der Waals surface area contributed by atoms with Gasteiger partial charge in [-0.25, -0.2) is 4.39 Å². The monoisotopic (exact) mass is 271 g/mol. The third kappa shape index (κ3) is 1.95. The van der Waals surface area contributed by atoms with Crippen LogP contribution in [0.3, 0.4) is 0 Å². The van der Waals surface area contributed by atoms with Crippen molar-refractivity contribution < 1.29 is 4.39 Å². The van der Waals surface area contributed by atoms with E-state index in [2.05, 4.69) is 28.2 Å². The molecule has 1 fully saturated rings. The summed E-state index contributed by atoms with van der Waals surface area (Å²) in [5.41, 5.74) is 1.52. The molecule has 0 spiro atoms. The van der Waals surface area contributed by atoms with Gasteiger partial charge < -0.3 is 5.32 Å². The van der Waals surface area contributed by atoms with E-state index in [-0.39, 0.29) is 11.4 Å². The first-order valence-electron chi connectivity index (χ1n) is 5.24. The largest absolute Gasteiger partial charge is 0.308 e. The molecule has 1 unspecified atom stereocenters. The first kappa shape index (κ1) is 11.1. The zero-order valence-electron chi connectivity index (χ0n) is 9.03. The molecule has 1 aliphatic rings. The fraction of sp³-hybridized carbons (Fsp3) is 0.500. The van der Waals surface area contributed by atoms with Crippen LogP contribution in [0.1, 0.15) is 30.9 Å². The van der Waals surface area contributed by atoms with E-state index >= 15 is 0 Å². The zero-order chi connectivity index (χ0) is 11.1. The fourth-order valence-corrected chi connectivity index (χ4v) is 2.54. The van der Waals surface area contributed by atoms with Gasteiger partial charge in [-0.1, -0.05) is 15.9 Å². The van der Waals surface area contributed by atoms with Crippen LogP contribution >= 0.6 is 15.9 Å². The van der Waals surface area contributed by atoms with Gasteiger partial charge >= 0.3 is 0 Å². The molecule has 3 heteroatoms. The van der Waals surface area contributed by atoms with Gasteiger partial charge in [-0.3, -0.25) is 0 Å². The predicted octanol–water partition coefficient (Wildman–Crippen LogP) is 3.50. The van der Waals surface area contributed by atoms with Crippen molar-refractivity contribution in [2.45, 2.75) is 32.2 Å². The van der Waals surface area contributed by atoms with Crippen LogP contribution in [0, 0.1) is 12.7 Å². The lowest BCUT2D eigenvalue weighted by molar-refractivity contribution is 0.410. The van der Waals surface area contributed by atoms with Crippen molar-refractivity contribution in [3.05, 3.63) is 33.5 Å². The summed E-state index contributed by atoms with van der Waals surface area (Å²) in [5.74, 6) is -0.104. The third-order valence-corrected chi connectivity index (χ3v) is 4.07. The average Bonchev–Trinajstić information content (AvgIpc) is 2.60. The number of aryl methyl sites for hydroxylation is 1.